The second kappa shape index (κ2) is 8.32. The average Bonchev–Trinajstić information content (AvgIpc) is 3.48. The van der Waals surface area contributed by atoms with Crippen molar-refractivity contribution in [3.8, 4) is 0 Å². The normalized spacial score (nSPS) is 19.4. The van der Waals surface area contributed by atoms with E-state index in [0.717, 1.165) is 37.8 Å². The summed E-state index contributed by atoms with van der Waals surface area (Å²) in [6.45, 7) is 1.35. The lowest BCUT2D eigenvalue weighted by atomic mass is 10.0. The molecular formula is C21H26F3N5O2. The summed E-state index contributed by atoms with van der Waals surface area (Å²) in [6, 6.07) is 5.07. The van der Waals surface area contributed by atoms with Crippen molar-refractivity contribution in [1.82, 2.24) is 25.4 Å². The predicted octanol–water partition coefficient (Wildman–Crippen LogP) is 3.66. The fourth-order valence-electron chi connectivity index (χ4n) is 4.23. The van der Waals surface area contributed by atoms with E-state index in [0.29, 0.717) is 29.7 Å². The van der Waals surface area contributed by atoms with E-state index in [4.69, 9.17) is 0 Å². The van der Waals surface area contributed by atoms with Crippen molar-refractivity contribution in [2.24, 2.45) is 0 Å². The number of halogens is 3. The van der Waals surface area contributed by atoms with E-state index in [1.165, 1.54) is 6.07 Å². The van der Waals surface area contributed by atoms with E-state index in [1.807, 2.05) is 4.90 Å². The number of piperidine rings is 1. The number of amides is 4. The van der Waals surface area contributed by atoms with Crippen LogP contribution in [0, 0.1) is 0 Å². The molecule has 1 saturated heterocycles. The zero-order chi connectivity index (χ0) is 22.2. The maximum atomic E-state index is 13.0. The number of carbonyl (C=O) groups excluding carboxylic acids is 2. The molecule has 1 unspecified atom stereocenters. The van der Waals surface area contributed by atoms with Gasteiger partial charge in [-0.25, -0.2) is 9.59 Å². The monoisotopic (exact) mass is 437 g/mol. The Bertz CT molecular complexity index is 970. The summed E-state index contributed by atoms with van der Waals surface area (Å²) in [5.74, 6) is 0. The maximum Gasteiger partial charge on any atom is 0.416 e. The van der Waals surface area contributed by atoms with Crippen LogP contribution in [0.5, 0.6) is 0 Å². The molecule has 1 aromatic heterocycles. The lowest BCUT2D eigenvalue weighted by Gasteiger charge is -2.39. The number of nitrogens with zero attached hydrogens (tertiary/aromatic N) is 2. The molecule has 4 amide bonds. The van der Waals surface area contributed by atoms with Crippen LogP contribution in [-0.2, 0) is 12.7 Å². The van der Waals surface area contributed by atoms with Crippen LogP contribution >= 0.6 is 0 Å². The first-order valence-electron chi connectivity index (χ1n) is 10.5. The summed E-state index contributed by atoms with van der Waals surface area (Å²) in [6.07, 6.45) is -0.851. The molecule has 168 valence electrons. The highest BCUT2D eigenvalue weighted by atomic mass is 19.4. The van der Waals surface area contributed by atoms with Gasteiger partial charge in [0.15, 0.2) is 0 Å². The number of likely N-dealkylation sites (tertiary alicyclic amines) is 1. The van der Waals surface area contributed by atoms with Crippen LogP contribution in [0.2, 0.25) is 0 Å². The molecule has 1 aliphatic carbocycles. The first-order chi connectivity index (χ1) is 14.8. The largest absolute Gasteiger partial charge is 0.416 e. The van der Waals surface area contributed by atoms with Crippen molar-refractivity contribution in [2.45, 2.75) is 50.5 Å². The molecule has 0 spiro atoms. The highest BCUT2D eigenvalue weighted by Gasteiger charge is 2.39. The number of hydrogen-bond donors (Lipinski definition) is 3. The van der Waals surface area contributed by atoms with Crippen molar-refractivity contribution in [3.63, 3.8) is 0 Å². The van der Waals surface area contributed by atoms with E-state index in [-0.39, 0.29) is 30.7 Å². The molecule has 31 heavy (non-hydrogen) atoms. The smallest absolute Gasteiger partial charge is 0.357 e. The van der Waals surface area contributed by atoms with E-state index in [2.05, 4.69) is 15.6 Å². The zero-order valence-electron chi connectivity index (χ0n) is 17.3. The number of nitrogens with one attached hydrogen (secondary N) is 3. The second-order valence-corrected chi connectivity index (χ2v) is 8.19. The standard InChI is InChI=1S/C21H26F3N5O2/c1-25-19(30)28-8-2-3-17(12-28)29(16-6-7-16)20(31)26-11-15-9-13-4-5-14(21(22,23)24)10-18(13)27-15/h4-5,9-10,16-17,27H,2-3,6-8,11-12H2,1H3,(H,25,30)(H,26,31). The maximum absolute atomic E-state index is 13.0. The van der Waals surface area contributed by atoms with Crippen molar-refractivity contribution >= 4 is 23.0 Å². The van der Waals surface area contributed by atoms with Gasteiger partial charge in [-0.3, -0.25) is 0 Å². The highest BCUT2D eigenvalue weighted by molar-refractivity contribution is 5.81. The molecule has 10 heteroatoms. The van der Waals surface area contributed by atoms with E-state index < -0.39 is 11.7 Å². The Morgan fingerprint density at radius 2 is 1.97 bits per heavy atom. The topological polar surface area (TPSA) is 80.5 Å². The lowest BCUT2D eigenvalue weighted by molar-refractivity contribution is -0.137. The molecule has 0 bridgehead atoms. The van der Waals surface area contributed by atoms with Gasteiger partial charge in [0.25, 0.3) is 0 Å². The van der Waals surface area contributed by atoms with Gasteiger partial charge in [-0.1, -0.05) is 6.07 Å². The molecule has 2 aromatic rings. The molecule has 0 radical (unpaired) electrons. The minimum atomic E-state index is -4.40. The molecule has 3 N–H and O–H groups in total. The molecule has 2 aliphatic rings. The number of H-pyrrole nitrogens is 1. The Morgan fingerprint density at radius 1 is 1.19 bits per heavy atom. The van der Waals surface area contributed by atoms with Gasteiger partial charge in [-0.2, -0.15) is 13.2 Å². The number of alkyl halides is 3. The summed E-state index contributed by atoms with van der Waals surface area (Å²) in [5.41, 5.74) is 0.302. The number of urea groups is 2. The second-order valence-electron chi connectivity index (χ2n) is 8.19. The van der Waals surface area contributed by atoms with Gasteiger partial charge in [0, 0.05) is 37.4 Å². The molecule has 1 saturated carbocycles. The molecule has 2 heterocycles. The van der Waals surface area contributed by atoms with Crippen LogP contribution in [0.3, 0.4) is 0 Å². The van der Waals surface area contributed by atoms with Gasteiger partial charge in [0.05, 0.1) is 18.2 Å². The van der Waals surface area contributed by atoms with Crippen LogP contribution in [0.25, 0.3) is 10.9 Å². The van der Waals surface area contributed by atoms with Crippen molar-refractivity contribution < 1.29 is 22.8 Å². The lowest BCUT2D eigenvalue weighted by Crippen LogP contribution is -2.56. The average molecular weight is 437 g/mol. The first kappa shape index (κ1) is 21.3. The number of aromatic amines is 1. The van der Waals surface area contributed by atoms with Crippen molar-refractivity contribution in [1.29, 1.82) is 0 Å². The molecule has 7 nitrogen and oxygen atoms in total. The van der Waals surface area contributed by atoms with Crippen molar-refractivity contribution in [3.05, 3.63) is 35.5 Å². The van der Waals surface area contributed by atoms with Gasteiger partial charge >= 0.3 is 18.2 Å². The van der Waals surface area contributed by atoms with Gasteiger partial charge in [-0.05, 0) is 49.3 Å². The summed E-state index contributed by atoms with van der Waals surface area (Å²) < 4.78 is 38.8. The first-order valence-corrected chi connectivity index (χ1v) is 10.5. The number of aromatic nitrogens is 1. The Hall–Kier alpha value is -2.91. The minimum Gasteiger partial charge on any atom is -0.357 e. The van der Waals surface area contributed by atoms with Crippen LogP contribution < -0.4 is 10.6 Å². The predicted molar refractivity (Wildman–Crippen MR) is 109 cm³/mol. The fraction of sp³-hybridized carbons (Fsp3) is 0.524. The Kier molecular flexibility index (Phi) is 5.72. The molecular weight excluding hydrogens is 411 g/mol. The summed E-state index contributed by atoms with van der Waals surface area (Å²) in [7, 11) is 1.59. The Balaban J connectivity index is 1.42. The van der Waals surface area contributed by atoms with Crippen LogP contribution in [0.4, 0.5) is 22.8 Å². The van der Waals surface area contributed by atoms with Crippen LogP contribution in [0.1, 0.15) is 36.9 Å². The summed E-state index contributed by atoms with van der Waals surface area (Å²) in [5, 5.41) is 6.19. The molecule has 1 aliphatic heterocycles. The van der Waals surface area contributed by atoms with Gasteiger partial charge < -0.3 is 25.4 Å². The number of rotatable bonds is 4. The van der Waals surface area contributed by atoms with E-state index in [9.17, 15) is 22.8 Å². The summed E-state index contributed by atoms with van der Waals surface area (Å²) in [4.78, 5) is 31.5. The third-order valence-corrected chi connectivity index (χ3v) is 5.90. The van der Waals surface area contributed by atoms with Crippen LogP contribution in [-0.4, -0.2) is 59.1 Å². The van der Waals surface area contributed by atoms with E-state index >= 15 is 0 Å². The Labute approximate surface area is 177 Å². The quantitative estimate of drug-likeness (QED) is 0.683. The van der Waals surface area contributed by atoms with Crippen LogP contribution in [0.15, 0.2) is 24.3 Å². The number of fused-ring (bicyclic) bond motifs is 1. The third kappa shape index (κ3) is 4.72. The third-order valence-electron chi connectivity index (χ3n) is 5.90. The number of hydrogen-bond acceptors (Lipinski definition) is 2. The zero-order valence-corrected chi connectivity index (χ0v) is 17.3. The molecule has 1 aromatic carbocycles. The number of benzene rings is 1. The van der Waals surface area contributed by atoms with E-state index in [1.54, 1.807) is 18.0 Å². The minimum absolute atomic E-state index is 0.0457. The SMILES string of the molecule is CNC(=O)N1CCCC(N(C(=O)NCc2cc3ccc(C(F)(F)F)cc3[nH]2)C2CC2)C1. The molecule has 2 fully saturated rings. The summed E-state index contributed by atoms with van der Waals surface area (Å²) >= 11 is 0. The fourth-order valence-corrected chi connectivity index (χ4v) is 4.23. The highest BCUT2D eigenvalue weighted by Crippen LogP contribution is 2.32. The van der Waals surface area contributed by atoms with Crippen molar-refractivity contribution in [2.75, 3.05) is 20.1 Å². The number of carbonyl (C=O) groups is 2. The molecule has 4 rings (SSSR count). The van der Waals surface area contributed by atoms with Gasteiger partial charge in [-0.15, -0.1) is 0 Å². The van der Waals surface area contributed by atoms with Gasteiger partial charge in [0.2, 0.25) is 0 Å². The Morgan fingerprint density at radius 3 is 2.65 bits per heavy atom. The van der Waals surface area contributed by atoms with Gasteiger partial charge in [0.1, 0.15) is 0 Å². The molecule has 1 atom stereocenters.